The van der Waals surface area contributed by atoms with E-state index in [0.29, 0.717) is 33.5 Å². The molecule has 0 bridgehead atoms. The van der Waals surface area contributed by atoms with Gasteiger partial charge in [0.1, 0.15) is 11.5 Å². The van der Waals surface area contributed by atoms with E-state index in [0.717, 1.165) is 5.56 Å². The van der Waals surface area contributed by atoms with Crippen LogP contribution < -0.4 is 20.1 Å². The van der Waals surface area contributed by atoms with Crippen molar-refractivity contribution in [2.45, 2.75) is 6.92 Å². The van der Waals surface area contributed by atoms with Gasteiger partial charge in [-0.1, -0.05) is 23.7 Å². The standard InChI is InChI=1S/C23H21ClN2O4/c1-15-6-11-21(20(24)12-15)26-23(28)16-7-9-18(10-8-16)30-14-22(27)25-17-4-3-5-19(13-17)29-2/h3-13H,14H2,1-2H3,(H,25,27)(H,26,28). The van der Waals surface area contributed by atoms with E-state index in [1.807, 2.05) is 13.0 Å². The number of hydrogen-bond donors (Lipinski definition) is 2. The molecule has 0 aliphatic heterocycles. The zero-order chi connectivity index (χ0) is 21.5. The van der Waals surface area contributed by atoms with Gasteiger partial charge in [0.25, 0.3) is 11.8 Å². The number of methoxy groups -OCH3 is 1. The summed E-state index contributed by atoms with van der Waals surface area (Å²) in [6.45, 7) is 1.76. The number of ether oxygens (including phenoxy) is 2. The Bertz CT molecular complexity index is 1050. The predicted octanol–water partition coefficient (Wildman–Crippen LogP) is 4.93. The number of anilines is 2. The molecule has 154 valence electrons. The highest BCUT2D eigenvalue weighted by molar-refractivity contribution is 6.34. The van der Waals surface area contributed by atoms with Crippen molar-refractivity contribution < 1.29 is 19.1 Å². The molecule has 2 amide bonds. The molecule has 0 saturated heterocycles. The Labute approximate surface area is 179 Å². The zero-order valence-corrected chi connectivity index (χ0v) is 17.3. The average molecular weight is 425 g/mol. The van der Waals surface area contributed by atoms with Crippen LogP contribution in [0.2, 0.25) is 5.02 Å². The van der Waals surface area contributed by atoms with E-state index >= 15 is 0 Å². The Balaban J connectivity index is 1.53. The summed E-state index contributed by atoms with van der Waals surface area (Å²) in [5.74, 6) is 0.525. The summed E-state index contributed by atoms with van der Waals surface area (Å²) in [6, 6.07) is 18.9. The number of halogens is 1. The maximum atomic E-state index is 12.4. The molecule has 0 aliphatic carbocycles. The molecule has 6 nitrogen and oxygen atoms in total. The van der Waals surface area contributed by atoms with Gasteiger partial charge < -0.3 is 20.1 Å². The second kappa shape index (κ2) is 9.80. The van der Waals surface area contributed by atoms with Crippen LogP contribution in [0.1, 0.15) is 15.9 Å². The van der Waals surface area contributed by atoms with E-state index in [4.69, 9.17) is 21.1 Å². The van der Waals surface area contributed by atoms with Crippen LogP contribution in [0.5, 0.6) is 11.5 Å². The lowest BCUT2D eigenvalue weighted by molar-refractivity contribution is -0.118. The van der Waals surface area contributed by atoms with Crippen molar-refractivity contribution in [3.05, 3.63) is 82.9 Å². The largest absolute Gasteiger partial charge is 0.497 e. The fraction of sp³-hybridized carbons (Fsp3) is 0.130. The molecule has 7 heteroatoms. The van der Waals surface area contributed by atoms with E-state index in [-0.39, 0.29) is 18.4 Å². The third-order valence-electron chi connectivity index (χ3n) is 4.21. The van der Waals surface area contributed by atoms with E-state index in [1.165, 1.54) is 0 Å². The Kier molecular flexibility index (Phi) is 6.93. The van der Waals surface area contributed by atoms with Crippen molar-refractivity contribution in [3.63, 3.8) is 0 Å². The molecule has 0 aliphatic rings. The molecule has 3 aromatic rings. The second-order valence-corrected chi connectivity index (χ2v) is 6.94. The maximum absolute atomic E-state index is 12.4. The van der Waals surface area contributed by atoms with Crippen molar-refractivity contribution in [2.24, 2.45) is 0 Å². The lowest BCUT2D eigenvalue weighted by atomic mass is 10.2. The molecule has 0 spiro atoms. The SMILES string of the molecule is COc1cccc(NC(=O)COc2ccc(C(=O)Nc3ccc(C)cc3Cl)cc2)c1. The molecule has 0 unspecified atom stereocenters. The van der Waals surface area contributed by atoms with Gasteiger partial charge in [0, 0.05) is 17.3 Å². The minimum atomic E-state index is -0.306. The van der Waals surface area contributed by atoms with Crippen LogP contribution in [0.4, 0.5) is 11.4 Å². The predicted molar refractivity (Wildman–Crippen MR) is 118 cm³/mol. The number of nitrogens with one attached hydrogen (secondary N) is 2. The molecule has 0 aromatic heterocycles. The minimum absolute atomic E-state index is 0.165. The summed E-state index contributed by atoms with van der Waals surface area (Å²) in [6.07, 6.45) is 0. The fourth-order valence-electron chi connectivity index (χ4n) is 2.67. The van der Waals surface area contributed by atoms with Gasteiger partial charge in [0.05, 0.1) is 17.8 Å². The summed E-state index contributed by atoms with van der Waals surface area (Å²) in [5.41, 5.74) is 2.61. The molecule has 0 radical (unpaired) electrons. The minimum Gasteiger partial charge on any atom is -0.497 e. The van der Waals surface area contributed by atoms with E-state index in [1.54, 1.807) is 67.8 Å². The summed E-state index contributed by atoms with van der Waals surface area (Å²) in [5, 5.41) is 5.98. The first-order valence-corrected chi connectivity index (χ1v) is 9.56. The first-order valence-electron chi connectivity index (χ1n) is 9.19. The molecule has 3 aromatic carbocycles. The van der Waals surface area contributed by atoms with Crippen LogP contribution in [0.3, 0.4) is 0 Å². The zero-order valence-electron chi connectivity index (χ0n) is 16.6. The monoisotopic (exact) mass is 424 g/mol. The van der Waals surface area contributed by atoms with E-state index in [2.05, 4.69) is 10.6 Å². The number of carbonyl (C=O) groups excluding carboxylic acids is 2. The van der Waals surface area contributed by atoms with Crippen LogP contribution in [-0.2, 0) is 4.79 Å². The lowest BCUT2D eigenvalue weighted by Crippen LogP contribution is -2.20. The molecule has 0 fully saturated rings. The van der Waals surface area contributed by atoms with Crippen molar-refractivity contribution in [2.75, 3.05) is 24.4 Å². The first-order chi connectivity index (χ1) is 14.4. The maximum Gasteiger partial charge on any atom is 0.262 e. The number of aryl methyl sites for hydroxylation is 1. The average Bonchev–Trinajstić information content (AvgIpc) is 2.74. The molecular weight excluding hydrogens is 404 g/mol. The van der Waals surface area contributed by atoms with Gasteiger partial charge in [-0.25, -0.2) is 0 Å². The van der Waals surface area contributed by atoms with Crippen LogP contribution in [0, 0.1) is 6.92 Å². The van der Waals surface area contributed by atoms with E-state index < -0.39 is 0 Å². The second-order valence-electron chi connectivity index (χ2n) is 6.53. The summed E-state index contributed by atoms with van der Waals surface area (Å²) in [7, 11) is 1.56. The Morgan fingerprint density at radius 2 is 1.70 bits per heavy atom. The van der Waals surface area contributed by atoms with Crippen molar-refractivity contribution in [1.82, 2.24) is 0 Å². The highest BCUT2D eigenvalue weighted by atomic mass is 35.5. The normalized spacial score (nSPS) is 10.2. The van der Waals surface area contributed by atoms with E-state index in [9.17, 15) is 9.59 Å². The summed E-state index contributed by atoms with van der Waals surface area (Å²) >= 11 is 6.15. The van der Waals surface area contributed by atoms with Gasteiger partial charge in [0.15, 0.2) is 6.61 Å². The number of amides is 2. The Morgan fingerprint density at radius 3 is 2.40 bits per heavy atom. The summed E-state index contributed by atoms with van der Waals surface area (Å²) < 4.78 is 10.6. The molecule has 2 N–H and O–H groups in total. The number of carbonyl (C=O) groups is 2. The highest BCUT2D eigenvalue weighted by Gasteiger charge is 2.10. The van der Waals surface area contributed by atoms with Crippen molar-refractivity contribution in [3.8, 4) is 11.5 Å². The third kappa shape index (κ3) is 5.75. The first kappa shape index (κ1) is 21.2. The van der Waals surface area contributed by atoms with Gasteiger partial charge in [-0.3, -0.25) is 9.59 Å². The number of rotatable bonds is 7. The number of benzene rings is 3. The Hall–Kier alpha value is -3.51. The fourth-order valence-corrected chi connectivity index (χ4v) is 2.95. The lowest BCUT2D eigenvalue weighted by Gasteiger charge is -2.10. The van der Waals surface area contributed by atoms with Crippen LogP contribution in [0.15, 0.2) is 66.7 Å². The molecule has 0 atom stereocenters. The van der Waals surface area contributed by atoms with Gasteiger partial charge in [0.2, 0.25) is 0 Å². The molecular formula is C23H21ClN2O4. The van der Waals surface area contributed by atoms with Gasteiger partial charge in [-0.2, -0.15) is 0 Å². The van der Waals surface area contributed by atoms with Gasteiger partial charge in [-0.05, 0) is 61.0 Å². The van der Waals surface area contributed by atoms with Crippen LogP contribution in [-0.4, -0.2) is 25.5 Å². The third-order valence-corrected chi connectivity index (χ3v) is 4.53. The number of hydrogen-bond acceptors (Lipinski definition) is 4. The van der Waals surface area contributed by atoms with Gasteiger partial charge in [-0.15, -0.1) is 0 Å². The molecule has 0 heterocycles. The molecule has 0 saturated carbocycles. The van der Waals surface area contributed by atoms with Crippen molar-refractivity contribution in [1.29, 1.82) is 0 Å². The van der Waals surface area contributed by atoms with Crippen LogP contribution >= 0.6 is 11.6 Å². The smallest absolute Gasteiger partial charge is 0.262 e. The highest BCUT2D eigenvalue weighted by Crippen LogP contribution is 2.23. The van der Waals surface area contributed by atoms with Crippen LogP contribution in [0.25, 0.3) is 0 Å². The van der Waals surface area contributed by atoms with Gasteiger partial charge >= 0.3 is 0 Å². The molecule has 3 rings (SSSR count). The van der Waals surface area contributed by atoms with Crippen molar-refractivity contribution >= 4 is 34.8 Å². The molecule has 30 heavy (non-hydrogen) atoms. The topological polar surface area (TPSA) is 76.7 Å². The Morgan fingerprint density at radius 1 is 0.933 bits per heavy atom. The summed E-state index contributed by atoms with van der Waals surface area (Å²) in [4.78, 5) is 24.5. The quantitative estimate of drug-likeness (QED) is 0.564.